The molecule has 0 spiro atoms. The molecular weight excluding hydrogens is 473 g/mol. The molecule has 0 bridgehead atoms. The van der Waals surface area contributed by atoms with Crippen molar-refractivity contribution in [3.63, 3.8) is 0 Å². The van der Waals surface area contributed by atoms with Crippen molar-refractivity contribution in [2.75, 3.05) is 20.2 Å². The molecule has 1 aliphatic heterocycles. The number of aromatic amines is 1. The third-order valence-electron chi connectivity index (χ3n) is 6.34. The van der Waals surface area contributed by atoms with E-state index < -0.39 is 0 Å². The summed E-state index contributed by atoms with van der Waals surface area (Å²) in [5.41, 5.74) is 8.15. The summed E-state index contributed by atoms with van der Waals surface area (Å²) >= 11 is 0. The van der Waals surface area contributed by atoms with Crippen LogP contribution in [-0.4, -0.2) is 60.4 Å². The molecule has 0 saturated carbocycles. The first-order valence-corrected chi connectivity index (χ1v) is 12.0. The molecule has 5 rings (SSSR count). The van der Waals surface area contributed by atoms with Gasteiger partial charge in [0.05, 0.1) is 36.6 Å². The van der Waals surface area contributed by atoms with Gasteiger partial charge in [0.1, 0.15) is 5.82 Å². The van der Waals surface area contributed by atoms with Gasteiger partial charge in [0.2, 0.25) is 0 Å². The lowest BCUT2D eigenvalue weighted by Gasteiger charge is -2.21. The van der Waals surface area contributed by atoms with Crippen molar-refractivity contribution in [2.45, 2.75) is 25.3 Å². The van der Waals surface area contributed by atoms with Crippen molar-refractivity contribution in [3.05, 3.63) is 84.3 Å². The van der Waals surface area contributed by atoms with E-state index in [0.29, 0.717) is 24.7 Å². The standard InChI is InChI=1S/C26H28FN9O/c1-3-22(11-20-14-30-33-25(20)21-12-28-26(37-2)29-13-21)36-17-24(32-34-36)18-8-6-10-35(31-15-18)16-19-7-4-5-9-23(19)27/h3-5,7,9,11-14,17-18,31H,1,6,8,10,15-16H2,2H3,(H,30,33)/b22-11+/t18-/m1/s1. The highest BCUT2D eigenvalue weighted by Gasteiger charge is 2.22. The maximum Gasteiger partial charge on any atom is 0.316 e. The molecule has 4 heterocycles. The highest BCUT2D eigenvalue weighted by molar-refractivity contribution is 5.82. The number of rotatable bonds is 8. The van der Waals surface area contributed by atoms with E-state index in [0.717, 1.165) is 47.6 Å². The molecule has 3 aromatic heterocycles. The zero-order valence-electron chi connectivity index (χ0n) is 20.5. The van der Waals surface area contributed by atoms with E-state index >= 15 is 0 Å². The molecule has 1 aliphatic rings. The Morgan fingerprint density at radius 1 is 1.24 bits per heavy atom. The molecule has 2 N–H and O–H groups in total. The molecule has 10 nitrogen and oxygen atoms in total. The molecule has 0 unspecified atom stereocenters. The lowest BCUT2D eigenvalue weighted by Crippen LogP contribution is -2.38. The van der Waals surface area contributed by atoms with Gasteiger partial charge >= 0.3 is 6.01 Å². The summed E-state index contributed by atoms with van der Waals surface area (Å²) in [6.07, 6.45) is 12.6. The Kier molecular flexibility index (Phi) is 7.43. The van der Waals surface area contributed by atoms with Gasteiger partial charge < -0.3 is 4.74 Å². The first-order valence-electron chi connectivity index (χ1n) is 12.0. The van der Waals surface area contributed by atoms with Crippen LogP contribution in [0, 0.1) is 5.82 Å². The minimum atomic E-state index is -0.183. The molecule has 1 atom stereocenters. The molecule has 0 amide bonds. The van der Waals surface area contributed by atoms with Gasteiger partial charge in [-0.05, 0) is 31.1 Å². The number of nitrogens with one attached hydrogen (secondary N) is 2. The quantitative estimate of drug-likeness (QED) is 0.352. The summed E-state index contributed by atoms with van der Waals surface area (Å²) in [7, 11) is 1.52. The maximum absolute atomic E-state index is 14.1. The highest BCUT2D eigenvalue weighted by atomic mass is 19.1. The van der Waals surface area contributed by atoms with Crippen molar-refractivity contribution in [3.8, 4) is 17.3 Å². The normalized spacial score (nSPS) is 16.9. The number of hydrogen-bond donors (Lipinski definition) is 2. The van der Waals surface area contributed by atoms with Crippen LogP contribution in [0.1, 0.15) is 35.6 Å². The van der Waals surface area contributed by atoms with E-state index in [1.807, 2.05) is 24.4 Å². The van der Waals surface area contributed by atoms with Gasteiger partial charge in [-0.15, -0.1) is 5.10 Å². The summed E-state index contributed by atoms with van der Waals surface area (Å²) in [6, 6.07) is 7.18. The number of nitrogens with zero attached hydrogens (tertiary/aromatic N) is 7. The Balaban J connectivity index is 1.29. The fourth-order valence-corrected chi connectivity index (χ4v) is 4.32. The number of ether oxygens (including phenoxy) is 1. The SMILES string of the molecule is C=C/C(=C\c1cn[nH]c1-c1cnc(OC)nc1)n1cc([C@@H]2CCCN(Cc3ccccc3F)NC2)nn1. The number of halogens is 1. The van der Waals surface area contributed by atoms with Crippen molar-refractivity contribution in [1.29, 1.82) is 0 Å². The van der Waals surface area contributed by atoms with Crippen LogP contribution in [-0.2, 0) is 6.54 Å². The minimum Gasteiger partial charge on any atom is -0.467 e. The number of allylic oxidation sites excluding steroid dienone is 2. The molecule has 1 saturated heterocycles. The summed E-state index contributed by atoms with van der Waals surface area (Å²) in [5.74, 6) is 0.00319. The maximum atomic E-state index is 14.1. The first kappa shape index (κ1) is 24.5. The number of hydrazine groups is 1. The van der Waals surface area contributed by atoms with Gasteiger partial charge in [0.25, 0.3) is 0 Å². The van der Waals surface area contributed by atoms with Gasteiger partial charge in [-0.3, -0.25) is 10.5 Å². The predicted octanol–water partition coefficient (Wildman–Crippen LogP) is 3.67. The van der Waals surface area contributed by atoms with Crippen molar-refractivity contribution >= 4 is 11.8 Å². The topological polar surface area (TPSA) is 110 Å². The first-order chi connectivity index (χ1) is 18.1. The van der Waals surface area contributed by atoms with Crippen LogP contribution in [0.25, 0.3) is 23.0 Å². The molecule has 37 heavy (non-hydrogen) atoms. The van der Waals surface area contributed by atoms with Gasteiger partial charge in [-0.2, -0.15) is 5.10 Å². The van der Waals surface area contributed by atoms with Gasteiger partial charge in [-0.25, -0.2) is 24.0 Å². The van der Waals surface area contributed by atoms with Crippen molar-refractivity contribution in [2.24, 2.45) is 0 Å². The summed E-state index contributed by atoms with van der Waals surface area (Å²) in [4.78, 5) is 8.34. The minimum absolute atomic E-state index is 0.183. The Morgan fingerprint density at radius 3 is 2.86 bits per heavy atom. The molecule has 1 fully saturated rings. The van der Waals surface area contributed by atoms with E-state index in [1.54, 1.807) is 35.4 Å². The van der Waals surface area contributed by atoms with E-state index in [2.05, 4.69) is 47.5 Å². The zero-order valence-corrected chi connectivity index (χ0v) is 20.5. The second kappa shape index (κ2) is 11.2. The summed E-state index contributed by atoms with van der Waals surface area (Å²) in [5, 5.41) is 18.1. The monoisotopic (exact) mass is 501 g/mol. The van der Waals surface area contributed by atoms with Crippen LogP contribution in [0.2, 0.25) is 0 Å². The van der Waals surface area contributed by atoms with Crippen LogP contribution < -0.4 is 10.2 Å². The molecule has 0 aliphatic carbocycles. The number of hydrogen-bond acceptors (Lipinski definition) is 8. The van der Waals surface area contributed by atoms with Gasteiger partial charge in [0, 0.05) is 54.6 Å². The predicted molar refractivity (Wildman–Crippen MR) is 137 cm³/mol. The molecule has 0 radical (unpaired) electrons. The van der Waals surface area contributed by atoms with Crippen LogP contribution in [0.4, 0.5) is 4.39 Å². The average molecular weight is 502 g/mol. The smallest absolute Gasteiger partial charge is 0.316 e. The Labute approximate surface area is 213 Å². The van der Waals surface area contributed by atoms with E-state index in [-0.39, 0.29) is 11.7 Å². The average Bonchev–Trinajstić information content (AvgIpc) is 3.54. The molecule has 1 aromatic carbocycles. The third kappa shape index (κ3) is 5.63. The number of H-pyrrole nitrogens is 1. The Morgan fingerprint density at radius 2 is 2.08 bits per heavy atom. The molecular formula is C26H28FN9O. The van der Waals surface area contributed by atoms with E-state index in [9.17, 15) is 4.39 Å². The second-order valence-corrected chi connectivity index (χ2v) is 8.73. The number of benzene rings is 1. The van der Waals surface area contributed by atoms with Crippen LogP contribution in [0.3, 0.4) is 0 Å². The molecule has 11 heteroatoms. The molecule has 190 valence electrons. The number of methoxy groups -OCH3 is 1. The number of aromatic nitrogens is 7. The van der Waals surface area contributed by atoms with Gasteiger partial charge in [-0.1, -0.05) is 30.0 Å². The van der Waals surface area contributed by atoms with Crippen LogP contribution >= 0.6 is 0 Å². The summed E-state index contributed by atoms with van der Waals surface area (Å²) in [6.45, 7) is 6.00. The largest absolute Gasteiger partial charge is 0.467 e. The second-order valence-electron chi connectivity index (χ2n) is 8.73. The fraction of sp³-hybridized carbons (Fsp3) is 0.269. The lowest BCUT2D eigenvalue weighted by atomic mass is 10.0. The van der Waals surface area contributed by atoms with Crippen LogP contribution in [0.15, 0.2) is 61.7 Å². The Bertz CT molecular complexity index is 1380. The van der Waals surface area contributed by atoms with Crippen molar-refractivity contribution in [1.82, 2.24) is 45.6 Å². The zero-order chi connectivity index (χ0) is 25.6. The van der Waals surface area contributed by atoms with E-state index in [4.69, 9.17) is 4.74 Å². The van der Waals surface area contributed by atoms with E-state index in [1.165, 1.54) is 13.2 Å². The fourth-order valence-electron chi connectivity index (χ4n) is 4.32. The van der Waals surface area contributed by atoms with Gasteiger partial charge in [0.15, 0.2) is 0 Å². The lowest BCUT2D eigenvalue weighted by molar-refractivity contribution is 0.188. The highest BCUT2D eigenvalue weighted by Crippen LogP contribution is 2.26. The Hall–Kier alpha value is -4.22. The molecule has 4 aromatic rings. The third-order valence-corrected chi connectivity index (χ3v) is 6.34. The summed E-state index contributed by atoms with van der Waals surface area (Å²) < 4.78 is 20.8. The van der Waals surface area contributed by atoms with Crippen LogP contribution in [0.5, 0.6) is 6.01 Å². The van der Waals surface area contributed by atoms with Crippen molar-refractivity contribution < 1.29 is 9.13 Å².